The van der Waals surface area contributed by atoms with Crippen molar-refractivity contribution in [3.8, 4) is 0 Å². The molecule has 1 aliphatic heterocycles. The van der Waals surface area contributed by atoms with E-state index >= 15 is 0 Å². The molecule has 3 saturated carbocycles. The molecule has 0 unspecified atom stereocenters. The maximum Gasteiger partial charge on any atom is 0.107 e. The van der Waals surface area contributed by atoms with Crippen LogP contribution in [-0.2, 0) is 4.74 Å². The van der Waals surface area contributed by atoms with Gasteiger partial charge in [-0.1, -0.05) is 58.4 Å². The molecule has 5 aliphatic rings. The van der Waals surface area contributed by atoms with Gasteiger partial charge in [0.1, 0.15) is 11.7 Å². The standard InChI is InChI=1S/C27H42O2/c1-17(2)7-6-8-18(3)21-9-10-22-20-15-24-27(29-24)16-19(28)11-14-26(27,5)23(20)12-13-25(21,22)4/h6,8,15,17-19,21-24,28H,7,9-14,16H2,1-5H3/b8-6+/t18-,19+,21-,22+,23+,24+,25-,26-,27+/m1/s1. The van der Waals surface area contributed by atoms with Gasteiger partial charge in [0.25, 0.3) is 0 Å². The number of fused-ring (bicyclic) bond motifs is 4. The molecule has 0 amide bonds. The molecule has 29 heavy (non-hydrogen) atoms. The maximum absolute atomic E-state index is 10.3. The Kier molecular flexibility index (Phi) is 4.69. The van der Waals surface area contributed by atoms with Crippen LogP contribution in [-0.4, -0.2) is 22.9 Å². The van der Waals surface area contributed by atoms with Gasteiger partial charge in [-0.05, 0) is 80.0 Å². The molecule has 162 valence electrons. The summed E-state index contributed by atoms with van der Waals surface area (Å²) in [4.78, 5) is 0. The van der Waals surface area contributed by atoms with Gasteiger partial charge in [-0.3, -0.25) is 0 Å². The summed E-state index contributed by atoms with van der Waals surface area (Å²) in [6.45, 7) is 12.2. The highest BCUT2D eigenvalue weighted by Crippen LogP contribution is 2.72. The van der Waals surface area contributed by atoms with E-state index in [-0.39, 0.29) is 23.2 Å². The molecule has 2 nitrogen and oxygen atoms in total. The van der Waals surface area contributed by atoms with Crippen molar-refractivity contribution in [1.29, 1.82) is 0 Å². The fourth-order valence-corrected chi connectivity index (χ4v) is 8.51. The topological polar surface area (TPSA) is 32.8 Å². The molecule has 1 saturated heterocycles. The summed E-state index contributed by atoms with van der Waals surface area (Å²) in [6.07, 6.45) is 17.2. The van der Waals surface area contributed by atoms with Crippen LogP contribution in [0.3, 0.4) is 0 Å². The zero-order valence-corrected chi connectivity index (χ0v) is 19.3. The zero-order valence-electron chi connectivity index (χ0n) is 19.3. The lowest BCUT2D eigenvalue weighted by Crippen LogP contribution is -2.55. The molecule has 5 rings (SSSR count). The average molecular weight is 399 g/mol. The van der Waals surface area contributed by atoms with Gasteiger partial charge in [-0.25, -0.2) is 0 Å². The number of ether oxygens (including phenoxy) is 1. The molecule has 0 radical (unpaired) electrons. The number of aliphatic hydroxyl groups excluding tert-OH is 1. The van der Waals surface area contributed by atoms with Crippen molar-refractivity contribution in [3.63, 3.8) is 0 Å². The summed E-state index contributed by atoms with van der Waals surface area (Å²) < 4.78 is 6.42. The minimum absolute atomic E-state index is 0.0442. The first-order chi connectivity index (χ1) is 13.7. The Hall–Kier alpha value is -0.600. The molecule has 0 aromatic rings. The molecule has 4 aliphatic carbocycles. The predicted octanol–water partition coefficient (Wildman–Crippen LogP) is 6.30. The fourth-order valence-electron chi connectivity index (χ4n) is 8.51. The Bertz CT molecular complexity index is 722. The van der Waals surface area contributed by atoms with Crippen LogP contribution in [0.25, 0.3) is 0 Å². The summed E-state index contributed by atoms with van der Waals surface area (Å²) in [5, 5.41) is 10.3. The predicted molar refractivity (Wildman–Crippen MR) is 118 cm³/mol. The highest BCUT2D eigenvalue weighted by molar-refractivity contribution is 5.38. The Morgan fingerprint density at radius 1 is 1.10 bits per heavy atom. The van der Waals surface area contributed by atoms with E-state index in [1.54, 1.807) is 5.57 Å². The maximum atomic E-state index is 10.3. The number of aliphatic hydroxyl groups is 1. The molecule has 1 spiro atoms. The van der Waals surface area contributed by atoms with Gasteiger partial charge in [0.15, 0.2) is 0 Å². The van der Waals surface area contributed by atoms with E-state index in [9.17, 15) is 5.11 Å². The highest BCUT2D eigenvalue weighted by atomic mass is 16.6. The minimum atomic E-state index is -0.161. The molecule has 1 heterocycles. The van der Waals surface area contributed by atoms with Gasteiger partial charge in [-0.15, -0.1) is 0 Å². The zero-order chi connectivity index (χ0) is 20.6. The van der Waals surface area contributed by atoms with Gasteiger partial charge in [0.05, 0.1) is 6.10 Å². The molecule has 0 aromatic carbocycles. The quantitative estimate of drug-likeness (QED) is 0.445. The highest BCUT2D eigenvalue weighted by Gasteiger charge is 2.73. The second-order valence-electron chi connectivity index (χ2n) is 12.2. The first-order valence-electron chi connectivity index (χ1n) is 12.5. The first kappa shape index (κ1) is 20.3. The van der Waals surface area contributed by atoms with Crippen molar-refractivity contribution in [2.45, 2.75) is 104 Å². The Morgan fingerprint density at radius 3 is 2.66 bits per heavy atom. The van der Waals surface area contributed by atoms with Crippen molar-refractivity contribution in [3.05, 3.63) is 23.8 Å². The normalized spacial score (nSPS) is 51.8. The fraction of sp³-hybridized carbons (Fsp3) is 0.852. The second kappa shape index (κ2) is 6.70. The van der Waals surface area contributed by atoms with Gasteiger partial charge < -0.3 is 9.84 Å². The van der Waals surface area contributed by atoms with Gasteiger partial charge in [-0.2, -0.15) is 0 Å². The molecule has 2 heteroatoms. The van der Waals surface area contributed by atoms with Crippen LogP contribution in [0.1, 0.15) is 86.0 Å². The van der Waals surface area contributed by atoms with Crippen LogP contribution in [0, 0.1) is 40.4 Å². The van der Waals surface area contributed by atoms with Crippen molar-refractivity contribution in [2.75, 3.05) is 0 Å². The minimum Gasteiger partial charge on any atom is -0.393 e. The summed E-state index contributed by atoms with van der Waals surface area (Å²) in [6, 6.07) is 0. The average Bonchev–Trinajstić information content (AvgIpc) is 3.22. The molecule has 0 bridgehead atoms. The molecular weight excluding hydrogens is 356 g/mol. The summed E-state index contributed by atoms with van der Waals surface area (Å²) in [5.74, 6) is 3.67. The summed E-state index contributed by atoms with van der Waals surface area (Å²) >= 11 is 0. The smallest absolute Gasteiger partial charge is 0.107 e. The summed E-state index contributed by atoms with van der Waals surface area (Å²) in [7, 11) is 0. The Morgan fingerprint density at radius 2 is 1.90 bits per heavy atom. The lowest BCUT2D eigenvalue weighted by molar-refractivity contribution is -0.0527. The SMILES string of the molecule is CC(C)C/C=C/[C@@H](C)[C@H]1CC[C@H]2C3=C[C@@H]4O[C@@]45C[C@@H](O)CC[C@]5(C)[C@H]3CC[C@]12C. The van der Waals surface area contributed by atoms with E-state index in [2.05, 4.69) is 52.8 Å². The third kappa shape index (κ3) is 2.80. The number of rotatable bonds is 4. The van der Waals surface area contributed by atoms with E-state index in [0.717, 1.165) is 37.0 Å². The van der Waals surface area contributed by atoms with E-state index in [1.165, 1.54) is 32.1 Å². The van der Waals surface area contributed by atoms with Gasteiger partial charge in [0.2, 0.25) is 0 Å². The molecule has 1 N–H and O–H groups in total. The number of hydrogen-bond donors (Lipinski definition) is 1. The van der Waals surface area contributed by atoms with E-state index < -0.39 is 0 Å². The molecule has 4 fully saturated rings. The van der Waals surface area contributed by atoms with Crippen LogP contribution >= 0.6 is 0 Å². The second-order valence-corrected chi connectivity index (χ2v) is 12.2. The molecular formula is C27H42O2. The largest absolute Gasteiger partial charge is 0.393 e. The van der Waals surface area contributed by atoms with Crippen LogP contribution < -0.4 is 0 Å². The number of hydrogen-bond acceptors (Lipinski definition) is 2. The van der Waals surface area contributed by atoms with E-state index in [1.807, 2.05) is 0 Å². The third-order valence-electron chi connectivity index (χ3n) is 10.2. The monoisotopic (exact) mass is 398 g/mol. The number of allylic oxidation sites excluding steroid dienone is 3. The van der Waals surface area contributed by atoms with Crippen LogP contribution in [0.2, 0.25) is 0 Å². The van der Waals surface area contributed by atoms with E-state index in [4.69, 9.17) is 4.74 Å². The third-order valence-corrected chi connectivity index (χ3v) is 10.2. The van der Waals surface area contributed by atoms with Crippen LogP contribution in [0.5, 0.6) is 0 Å². The van der Waals surface area contributed by atoms with Crippen LogP contribution in [0.4, 0.5) is 0 Å². The molecule has 0 aromatic heterocycles. The lowest BCUT2D eigenvalue weighted by Gasteiger charge is -2.56. The lowest BCUT2D eigenvalue weighted by atomic mass is 9.47. The van der Waals surface area contributed by atoms with E-state index in [0.29, 0.717) is 17.3 Å². The Balaban J connectivity index is 1.40. The van der Waals surface area contributed by atoms with Crippen molar-refractivity contribution >= 4 is 0 Å². The van der Waals surface area contributed by atoms with Gasteiger partial charge in [0, 0.05) is 11.8 Å². The van der Waals surface area contributed by atoms with Crippen molar-refractivity contribution in [2.24, 2.45) is 40.4 Å². The Labute approximate surface area is 178 Å². The number of epoxide rings is 1. The summed E-state index contributed by atoms with van der Waals surface area (Å²) in [5.41, 5.74) is 2.40. The van der Waals surface area contributed by atoms with Crippen molar-refractivity contribution < 1.29 is 9.84 Å². The van der Waals surface area contributed by atoms with Crippen molar-refractivity contribution in [1.82, 2.24) is 0 Å². The molecule has 9 atom stereocenters. The van der Waals surface area contributed by atoms with Crippen LogP contribution in [0.15, 0.2) is 23.8 Å². The first-order valence-corrected chi connectivity index (χ1v) is 12.5. The van der Waals surface area contributed by atoms with Gasteiger partial charge >= 0.3 is 0 Å².